The van der Waals surface area contributed by atoms with E-state index in [0.717, 1.165) is 32.6 Å². The Labute approximate surface area is 91.0 Å². The first-order valence-corrected chi connectivity index (χ1v) is 5.93. The maximum Gasteiger partial charge on any atom is 0.320 e. The molecule has 2 rings (SSSR count). The van der Waals surface area contributed by atoms with Gasteiger partial charge in [-0.15, -0.1) is 0 Å². The monoisotopic (exact) mass is 212 g/mol. The normalized spacial score (nSPS) is 29.6. The van der Waals surface area contributed by atoms with Crippen molar-refractivity contribution in [2.24, 2.45) is 5.92 Å². The van der Waals surface area contributed by atoms with Crippen LogP contribution in [0.4, 0.5) is 0 Å². The van der Waals surface area contributed by atoms with Crippen LogP contribution in [0, 0.1) is 5.92 Å². The smallest absolute Gasteiger partial charge is 0.320 e. The number of carbonyl (C=O) groups excluding carboxylic acids is 1. The first-order chi connectivity index (χ1) is 7.34. The average molecular weight is 212 g/mol. The molecular weight excluding hydrogens is 192 g/mol. The molecule has 86 valence electrons. The summed E-state index contributed by atoms with van der Waals surface area (Å²) in [5.74, 6) is 0.654. The van der Waals surface area contributed by atoms with Crippen LogP contribution in [0.5, 0.6) is 0 Å². The number of cyclic esters (lactones) is 1. The zero-order chi connectivity index (χ0) is 10.5. The molecule has 2 saturated heterocycles. The van der Waals surface area contributed by atoms with E-state index in [-0.39, 0.29) is 5.97 Å². The lowest BCUT2D eigenvalue weighted by atomic mass is 9.99. The molecule has 1 atom stereocenters. The quantitative estimate of drug-likeness (QED) is 0.666. The molecular formula is C11H20N2O2. The van der Waals surface area contributed by atoms with Crippen molar-refractivity contribution in [1.29, 1.82) is 0 Å². The standard InChI is InChI=1S/C11H20N2O2/c14-11-9-13(5-2-6-15-11)8-10-3-1-4-12-7-10/h10,12H,1-9H2. The molecule has 2 aliphatic heterocycles. The summed E-state index contributed by atoms with van der Waals surface area (Å²) < 4.78 is 5.03. The van der Waals surface area contributed by atoms with Gasteiger partial charge < -0.3 is 10.1 Å². The fraction of sp³-hybridized carbons (Fsp3) is 0.909. The number of rotatable bonds is 2. The summed E-state index contributed by atoms with van der Waals surface area (Å²) >= 11 is 0. The summed E-state index contributed by atoms with van der Waals surface area (Å²) in [6.07, 6.45) is 3.54. The number of ether oxygens (including phenoxy) is 1. The van der Waals surface area contributed by atoms with Crippen LogP contribution < -0.4 is 5.32 Å². The van der Waals surface area contributed by atoms with Crippen molar-refractivity contribution in [2.45, 2.75) is 19.3 Å². The predicted octanol–water partition coefficient (Wildman–Crippen LogP) is 0.235. The SMILES string of the molecule is O=C1CN(CC2CCCNC2)CCCO1. The maximum absolute atomic E-state index is 11.3. The highest BCUT2D eigenvalue weighted by atomic mass is 16.5. The van der Waals surface area contributed by atoms with Crippen molar-refractivity contribution < 1.29 is 9.53 Å². The summed E-state index contributed by atoms with van der Waals surface area (Å²) in [6, 6.07) is 0. The lowest BCUT2D eigenvalue weighted by Gasteiger charge is -2.28. The Morgan fingerprint density at radius 2 is 2.40 bits per heavy atom. The molecule has 0 spiro atoms. The summed E-state index contributed by atoms with van der Waals surface area (Å²) in [5.41, 5.74) is 0. The Kier molecular flexibility index (Phi) is 3.97. The minimum atomic E-state index is -0.0590. The van der Waals surface area contributed by atoms with Gasteiger partial charge in [0.25, 0.3) is 0 Å². The Morgan fingerprint density at radius 3 is 3.20 bits per heavy atom. The number of hydrogen-bond acceptors (Lipinski definition) is 4. The van der Waals surface area contributed by atoms with Crippen LogP contribution in [-0.2, 0) is 9.53 Å². The molecule has 15 heavy (non-hydrogen) atoms. The molecule has 2 aliphatic rings. The molecule has 0 radical (unpaired) electrons. The van der Waals surface area contributed by atoms with Crippen molar-refractivity contribution >= 4 is 5.97 Å². The number of piperidine rings is 1. The lowest BCUT2D eigenvalue weighted by molar-refractivity contribution is -0.143. The van der Waals surface area contributed by atoms with Crippen LogP contribution in [0.2, 0.25) is 0 Å². The van der Waals surface area contributed by atoms with Crippen LogP contribution in [0.1, 0.15) is 19.3 Å². The first kappa shape index (κ1) is 10.9. The van der Waals surface area contributed by atoms with E-state index in [9.17, 15) is 4.79 Å². The van der Waals surface area contributed by atoms with Gasteiger partial charge in [0.2, 0.25) is 0 Å². The van der Waals surface area contributed by atoms with Crippen LogP contribution in [-0.4, -0.2) is 50.2 Å². The van der Waals surface area contributed by atoms with Gasteiger partial charge in [0.1, 0.15) is 0 Å². The third-order valence-corrected chi connectivity index (χ3v) is 3.15. The summed E-state index contributed by atoms with van der Waals surface area (Å²) in [5, 5.41) is 3.41. The Balaban J connectivity index is 1.78. The van der Waals surface area contributed by atoms with Gasteiger partial charge >= 0.3 is 5.97 Å². The van der Waals surface area contributed by atoms with E-state index in [2.05, 4.69) is 10.2 Å². The van der Waals surface area contributed by atoms with Gasteiger partial charge in [-0.05, 0) is 38.3 Å². The second-order valence-corrected chi connectivity index (χ2v) is 4.52. The molecule has 2 heterocycles. The van der Waals surface area contributed by atoms with Gasteiger partial charge in [0.15, 0.2) is 0 Å². The molecule has 0 aliphatic carbocycles. The molecule has 4 heteroatoms. The van der Waals surface area contributed by atoms with Gasteiger partial charge in [-0.25, -0.2) is 0 Å². The van der Waals surface area contributed by atoms with E-state index in [1.165, 1.54) is 12.8 Å². The number of nitrogens with one attached hydrogen (secondary N) is 1. The number of hydrogen-bond donors (Lipinski definition) is 1. The molecule has 0 amide bonds. The van der Waals surface area contributed by atoms with E-state index >= 15 is 0 Å². The molecule has 0 bridgehead atoms. The number of nitrogens with zero attached hydrogens (tertiary/aromatic N) is 1. The van der Waals surface area contributed by atoms with E-state index in [0.29, 0.717) is 19.1 Å². The van der Waals surface area contributed by atoms with E-state index in [1.807, 2.05) is 0 Å². The average Bonchev–Trinajstić information content (AvgIpc) is 2.44. The minimum absolute atomic E-state index is 0.0590. The molecule has 0 aromatic rings. The second kappa shape index (κ2) is 5.47. The molecule has 0 aromatic heterocycles. The van der Waals surface area contributed by atoms with Crippen molar-refractivity contribution in [3.63, 3.8) is 0 Å². The van der Waals surface area contributed by atoms with Crippen LogP contribution in [0.25, 0.3) is 0 Å². The molecule has 0 saturated carbocycles. The van der Waals surface area contributed by atoms with Gasteiger partial charge in [0.05, 0.1) is 13.2 Å². The fourth-order valence-corrected chi connectivity index (χ4v) is 2.38. The maximum atomic E-state index is 11.3. The molecule has 4 nitrogen and oxygen atoms in total. The van der Waals surface area contributed by atoms with E-state index in [1.54, 1.807) is 0 Å². The fourth-order valence-electron chi connectivity index (χ4n) is 2.38. The van der Waals surface area contributed by atoms with Gasteiger partial charge in [-0.3, -0.25) is 9.69 Å². The van der Waals surface area contributed by atoms with Crippen molar-refractivity contribution in [3.8, 4) is 0 Å². The lowest BCUT2D eigenvalue weighted by Crippen LogP contribution is -2.40. The number of carbonyl (C=O) groups is 1. The predicted molar refractivity (Wildman–Crippen MR) is 57.6 cm³/mol. The minimum Gasteiger partial charge on any atom is -0.465 e. The first-order valence-electron chi connectivity index (χ1n) is 5.93. The van der Waals surface area contributed by atoms with E-state index < -0.39 is 0 Å². The highest BCUT2D eigenvalue weighted by Crippen LogP contribution is 2.13. The zero-order valence-corrected chi connectivity index (χ0v) is 9.21. The molecule has 0 aromatic carbocycles. The Hall–Kier alpha value is -0.610. The van der Waals surface area contributed by atoms with Crippen LogP contribution in [0.15, 0.2) is 0 Å². The number of esters is 1. The molecule has 1 unspecified atom stereocenters. The van der Waals surface area contributed by atoms with Crippen LogP contribution in [0.3, 0.4) is 0 Å². The summed E-state index contributed by atoms with van der Waals surface area (Å²) in [7, 11) is 0. The van der Waals surface area contributed by atoms with Gasteiger partial charge in [-0.1, -0.05) is 0 Å². The molecule has 2 fully saturated rings. The van der Waals surface area contributed by atoms with Gasteiger partial charge in [-0.2, -0.15) is 0 Å². The highest BCUT2D eigenvalue weighted by molar-refractivity contribution is 5.71. The summed E-state index contributed by atoms with van der Waals surface area (Å²) in [6.45, 7) is 5.38. The van der Waals surface area contributed by atoms with Crippen LogP contribution >= 0.6 is 0 Å². The third kappa shape index (κ3) is 3.47. The van der Waals surface area contributed by atoms with Crippen molar-refractivity contribution in [2.75, 3.05) is 39.3 Å². The largest absolute Gasteiger partial charge is 0.465 e. The van der Waals surface area contributed by atoms with Gasteiger partial charge in [0, 0.05) is 13.1 Å². The Bertz CT molecular complexity index is 215. The highest BCUT2D eigenvalue weighted by Gasteiger charge is 2.20. The molecule has 1 N–H and O–H groups in total. The topological polar surface area (TPSA) is 41.6 Å². The van der Waals surface area contributed by atoms with Crippen molar-refractivity contribution in [1.82, 2.24) is 10.2 Å². The third-order valence-electron chi connectivity index (χ3n) is 3.15. The Morgan fingerprint density at radius 1 is 1.47 bits per heavy atom. The second-order valence-electron chi connectivity index (χ2n) is 4.52. The zero-order valence-electron chi connectivity index (χ0n) is 9.21. The summed E-state index contributed by atoms with van der Waals surface area (Å²) in [4.78, 5) is 13.5. The van der Waals surface area contributed by atoms with Crippen molar-refractivity contribution in [3.05, 3.63) is 0 Å². The van der Waals surface area contributed by atoms with E-state index in [4.69, 9.17) is 4.74 Å².